The van der Waals surface area contributed by atoms with E-state index in [1.807, 2.05) is 6.07 Å². The summed E-state index contributed by atoms with van der Waals surface area (Å²) in [6, 6.07) is 10.4. The average molecular weight is 417 g/mol. The van der Waals surface area contributed by atoms with Crippen LogP contribution >= 0.6 is 35.0 Å². The summed E-state index contributed by atoms with van der Waals surface area (Å²) >= 11 is 13.4. The first-order chi connectivity index (χ1) is 13.0. The first kappa shape index (κ1) is 17.8. The van der Waals surface area contributed by atoms with Crippen LogP contribution in [-0.4, -0.2) is 21.0 Å². The van der Waals surface area contributed by atoms with Crippen molar-refractivity contribution < 1.29 is 4.79 Å². The summed E-state index contributed by atoms with van der Waals surface area (Å²) in [5, 5.41) is 3.87. The van der Waals surface area contributed by atoms with E-state index < -0.39 is 0 Å². The van der Waals surface area contributed by atoms with Gasteiger partial charge in [-0.1, -0.05) is 35.3 Å². The molecule has 1 aromatic heterocycles. The first-order valence-electron chi connectivity index (χ1n) is 7.72. The number of nitrogens with zero attached hydrogens (tertiary/aromatic N) is 2. The second kappa shape index (κ2) is 7.19. The van der Waals surface area contributed by atoms with Gasteiger partial charge in [-0.3, -0.25) is 9.59 Å². The van der Waals surface area contributed by atoms with E-state index in [0.29, 0.717) is 36.8 Å². The fourth-order valence-corrected chi connectivity index (χ4v) is 3.79. The van der Waals surface area contributed by atoms with Gasteiger partial charge < -0.3 is 10.3 Å². The molecule has 2 heterocycles. The van der Waals surface area contributed by atoms with Crippen molar-refractivity contribution in [1.82, 2.24) is 15.3 Å². The highest BCUT2D eigenvalue weighted by Gasteiger charge is 2.24. The number of nitrogens with one attached hydrogen (secondary N) is 2. The molecule has 1 fully saturated rings. The van der Waals surface area contributed by atoms with Crippen LogP contribution in [0, 0.1) is 0 Å². The summed E-state index contributed by atoms with van der Waals surface area (Å²) in [6.07, 6.45) is 2.94. The molecule has 0 radical (unpaired) electrons. The second-order valence-corrected chi connectivity index (χ2v) is 7.42. The Morgan fingerprint density at radius 2 is 1.89 bits per heavy atom. The highest BCUT2D eigenvalue weighted by Crippen LogP contribution is 2.35. The highest BCUT2D eigenvalue weighted by molar-refractivity contribution is 8.18. The Balaban J connectivity index is 1.66. The van der Waals surface area contributed by atoms with Crippen molar-refractivity contribution in [1.29, 1.82) is 0 Å². The quantitative estimate of drug-likeness (QED) is 0.614. The minimum atomic E-state index is -0.286. The number of aliphatic imine (C=N–C) groups is 1. The lowest BCUT2D eigenvalue weighted by Crippen LogP contribution is -2.19. The van der Waals surface area contributed by atoms with Crippen LogP contribution < -0.4 is 10.9 Å². The molecule has 0 bridgehead atoms. The van der Waals surface area contributed by atoms with Crippen molar-refractivity contribution >= 4 is 68.8 Å². The van der Waals surface area contributed by atoms with Gasteiger partial charge in [0.05, 0.1) is 32.2 Å². The number of amides is 1. The predicted molar refractivity (Wildman–Crippen MR) is 110 cm³/mol. The van der Waals surface area contributed by atoms with Gasteiger partial charge in [-0.2, -0.15) is 0 Å². The maximum atomic E-state index is 12.2. The number of carbonyl (C=O) groups excluding carboxylic acids is 1. The SMILES string of the molecule is O=C1NC(=Nc2c(Cl)cccc2Cl)S/C1=C\c1ccc2ncc(=O)[nH]c2c1. The number of amidine groups is 1. The lowest BCUT2D eigenvalue weighted by Gasteiger charge is -2.01. The summed E-state index contributed by atoms with van der Waals surface area (Å²) < 4.78 is 0. The number of carbonyl (C=O) groups is 1. The zero-order chi connectivity index (χ0) is 19.0. The van der Waals surface area contributed by atoms with Gasteiger partial charge in [-0.15, -0.1) is 0 Å². The lowest BCUT2D eigenvalue weighted by molar-refractivity contribution is -0.115. The Kier molecular flexibility index (Phi) is 4.73. The Hall–Kier alpha value is -2.61. The summed E-state index contributed by atoms with van der Waals surface area (Å²) in [6.45, 7) is 0. The topological polar surface area (TPSA) is 87.2 Å². The molecule has 0 spiro atoms. The number of aromatic amines is 1. The molecule has 1 amide bonds. The van der Waals surface area contributed by atoms with Gasteiger partial charge in [-0.05, 0) is 47.7 Å². The van der Waals surface area contributed by atoms with Crippen molar-refractivity contribution in [2.75, 3.05) is 0 Å². The van der Waals surface area contributed by atoms with Gasteiger partial charge in [0, 0.05) is 0 Å². The maximum absolute atomic E-state index is 12.2. The number of rotatable bonds is 2. The van der Waals surface area contributed by atoms with Crippen LogP contribution in [0.5, 0.6) is 0 Å². The molecule has 134 valence electrons. The van der Waals surface area contributed by atoms with Gasteiger partial charge in [-0.25, -0.2) is 9.98 Å². The number of benzene rings is 2. The third-order valence-electron chi connectivity index (χ3n) is 3.70. The Labute approximate surface area is 167 Å². The van der Waals surface area contributed by atoms with Crippen LogP contribution in [0.15, 0.2) is 57.3 Å². The van der Waals surface area contributed by atoms with Crippen molar-refractivity contribution in [2.45, 2.75) is 0 Å². The normalized spacial score (nSPS) is 17.0. The molecule has 2 N–H and O–H groups in total. The summed E-state index contributed by atoms with van der Waals surface area (Å²) in [5.74, 6) is -0.276. The largest absolute Gasteiger partial charge is 0.319 e. The van der Waals surface area contributed by atoms with Gasteiger partial charge in [0.15, 0.2) is 5.17 Å². The second-order valence-electron chi connectivity index (χ2n) is 5.58. The minimum Gasteiger partial charge on any atom is -0.319 e. The Morgan fingerprint density at radius 1 is 1.11 bits per heavy atom. The van der Waals surface area contributed by atoms with Gasteiger partial charge in [0.1, 0.15) is 5.69 Å². The Morgan fingerprint density at radius 3 is 2.67 bits per heavy atom. The number of fused-ring (bicyclic) bond motifs is 1. The molecule has 3 aromatic rings. The van der Waals surface area contributed by atoms with E-state index in [0.717, 1.165) is 5.56 Å². The molecular weight excluding hydrogens is 407 g/mol. The van der Waals surface area contributed by atoms with Crippen LogP contribution in [0.2, 0.25) is 10.0 Å². The first-order valence-corrected chi connectivity index (χ1v) is 9.29. The highest BCUT2D eigenvalue weighted by atomic mass is 35.5. The lowest BCUT2D eigenvalue weighted by atomic mass is 10.2. The molecule has 1 saturated heterocycles. The number of H-pyrrole nitrogens is 1. The molecule has 0 unspecified atom stereocenters. The van der Waals surface area contributed by atoms with E-state index >= 15 is 0 Å². The monoisotopic (exact) mass is 416 g/mol. The van der Waals surface area contributed by atoms with E-state index in [1.54, 1.807) is 36.4 Å². The minimum absolute atomic E-state index is 0.276. The van der Waals surface area contributed by atoms with Gasteiger partial charge >= 0.3 is 0 Å². The zero-order valence-electron chi connectivity index (χ0n) is 13.5. The number of hydrogen-bond donors (Lipinski definition) is 2. The number of thioether (sulfide) groups is 1. The molecule has 2 aromatic carbocycles. The van der Waals surface area contributed by atoms with Gasteiger partial charge in [0.25, 0.3) is 11.5 Å². The van der Waals surface area contributed by atoms with Gasteiger partial charge in [0.2, 0.25) is 0 Å². The summed E-state index contributed by atoms with van der Waals surface area (Å²) in [4.78, 5) is 35.2. The van der Waals surface area contributed by atoms with Crippen molar-refractivity contribution in [3.05, 3.63) is 73.5 Å². The van der Waals surface area contributed by atoms with Crippen molar-refractivity contribution in [2.24, 2.45) is 4.99 Å². The third-order valence-corrected chi connectivity index (χ3v) is 5.22. The number of aromatic nitrogens is 2. The molecule has 1 aliphatic heterocycles. The van der Waals surface area contributed by atoms with E-state index in [2.05, 4.69) is 20.3 Å². The molecular formula is C18H10Cl2N4O2S. The molecule has 4 rings (SSSR count). The molecule has 0 atom stereocenters. The van der Waals surface area contributed by atoms with E-state index in [9.17, 15) is 9.59 Å². The summed E-state index contributed by atoms with van der Waals surface area (Å²) in [7, 11) is 0. The molecule has 27 heavy (non-hydrogen) atoms. The van der Waals surface area contributed by atoms with Crippen LogP contribution in [0.1, 0.15) is 5.56 Å². The molecule has 6 nitrogen and oxygen atoms in total. The van der Waals surface area contributed by atoms with E-state index in [1.165, 1.54) is 18.0 Å². The standard InChI is InChI=1S/C18H10Cl2N4O2S/c19-10-2-1-3-11(20)16(10)23-18-24-17(26)14(27-18)7-9-4-5-12-13(6-9)22-15(25)8-21-12/h1-8H,(H,22,25)(H,23,24,26)/b14-7-. The Bertz CT molecular complexity index is 1180. The van der Waals surface area contributed by atoms with E-state index in [4.69, 9.17) is 23.2 Å². The molecule has 9 heteroatoms. The van der Waals surface area contributed by atoms with Crippen molar-refractivity contribution in [3.8, 4) is 0 Å². The predicted octanol–water partition coefficient (Wildman–Crippen LogP) is 4.12. The average Bonchev–Trinajstić information content (AvgIpc) is 2.97. The fraction of sp³-hybridized carbons (Fsp3) is 0. The fourth-order valence-electron chi connectivity index (χ4n) is 2.48. The van der Waals surface area contributed by atoms with Crippen LogP contribution in [0.3, 0.4) is 0 Å². The van der Waals surface area contributed by atoms with Crippen LogP contribution in [-0.2, 0) is 4.79 Å². The molecule has 0 aliphatic carbocycles. The van der Waals surface area contributed by atoms with Crippen LogP contribution in [0.4, 0.5) is 5.69 Å². The molecule has 0 saturated carbocycles. The van der Waals surface area contributed by atoms with Crippen LogP contribution in [0.25, 0.3) is 17.1 Å². The van der Waals surface area contributed by atoms with Crippen molar-refractivity contribution in [3.63, 3.8) is 0 Å². The molecule has 1 aliphatic rings. The third kappa shape index (κ3) is 3.75. The number of hydrogen-bond acceptors (Lipinski definition) is 5. The number of para-hydroxylation sites is 1. The maximum Gasteiger partial charge on any atom is 0.266 e. The smallest absolute Gasteiger partial charge is 0.266 e. The zero-order valence-corrected chi connectivity index (χ0v) is 15.8. The van der Waals surface area contributed by atoms with E-state index in [-0.39, 0.29) is 11.5 Å². The number of halogens is 2. The summed E-state index contributed by atoms with van der Waals surface area (Å²) in [5.41, 5.74) is 2.12.